The minimum Gasteiger partial charge on any atom is -0.493 e. The molecule has 0 bridgehead atoms. The Morgan fingerprint density at radius 2 is 1.77 bits per heavy atom. The number of esters is 1. The molecule has 134 valence electrons. The van der Waals surface area contributed by atoms with Crippen molar-refractivity contribution in [2.24, 2.45) is 0 Å². The summed E-state index contributed by atoms with van der Waals surface area (Å²) in [6, 6.07) is 16.9. The van der Waals surface area contributed by atoms with Crippen molar-refractivity contribution in [2.45, 2.75) is 13.0 Å². The lowest BCUT2D eigenvalue weighted by molar-refractivity contribution is -0.144. The highest BCUT2D eigenvalue weighted by molar-refractivity contribution is 5.73. The first-order valence-electron chi connectivity index (χ1n) is 8.16. The Balaban J connectivity index is 1.57. The number of benzene rings is 2. The van der Waals surface area contributed by atoms with E-state index in [1.807, 2.05) is 48.7 Å². The first-order valence-corrected chi connectivity index (χ1v) is 8.16. The molecular weight excluding hydrogens is 332 g/mol. The Morgan fingerprint density at radius 3 is 2.50 bits per heavy atom. The van der Waals surface area contributed by atoms with E-state index in [-0.39, 0.29) is 19.0 Å². The summed E-state index contributed by atoms with van der Waals surface area (Å²) >= 11 is 0. The second-order valence-electron chi connectivity index (χ2n) is 5.61. The molecule has 0 unspecified atom stereocenters. The summed E-state index contributed by atoms with van der Waals surface area (Å²) in [6.07, 6.45) is 1.99. The first-order chi connectivity index (χ1) is 12.7. The van der Waals surface area contributed by atoms with Crippen molar-refractivity contribution in [2.75, 3.05) is 14.2 Å². The topological polar surface area (TPSA) is 62.6 Å². The quantitative estimate of drug-likeness (QED) is 0.611. The first kappa shape index (κ1) is 17.5. The van der Waals surface area contributed by atoms with Crippen LogP contribution in [0.5, 0.6) is 11.5 Å². The summed E-state index contributed by atoms with van der Waals surface area (Å²) in [7, 11) is 3.13. The predicted molar refractivity (Wildman–Crippen MR) is 96.6 cm³/mol. The molecule has 0 aliphatic heterocycles. The smallest absolute Gasteiger partial charge is 0.310 e. The van der Waals surface area contributed by atoms with Crippen LogP contribution in [-0.4, -0.2) is 30.0 Å². The van der Waals surface area contributed by atoms with E-state index in [9.17, 15) is 4.79 Å². The van der Waals surface area contributed by atoms with Crippen LogP contribution < -0.4 is 9.47 Å². The maximum atomic E-state index is 12.1. The fraction of sp³-hybridized carbons (Fsp3) is 0.200. The Kier molecular flexibility index (Phi) is 5.53. The Labute approximate surface area is 151 Å². The van der Waals surface area contributed by atoms with Gasteiger partial charge in [0.2, 0.25) is 0 Å². The molecule has 0 amide bonds. The van der Waals surface area contributed by atoms with Gasteiger partial charge in [0.1, 0.15) is 12.3 Å². The van der Waals surface area contributed by atoms with Crippen LogP contribution in [0, 0.1) is 0 Å². The predicted octanol–water partition coefficient (Wildman–Crippen LogP) is 3.18. The highest BCUT2D eigenvalue weighted by atomic mass is 16.5. The molecule has 6 nitrogen and oxygen atoms in total. The third-order valence-electron chi connectivity index (χ3n) is 3.84. The number of methoxy groups -OCH3 is 2. The number of hydrogen-bond donors (Lipinski definition) is 0. The minimum absolute atomic E-state index is 0.131. The van der Waals surface area contributed by atoms with E-state index in [0.717, 1.165) is 11.3 Å². The van der Waals surface area contributed by atoms with Crippen molar-refractivity contribution >= 4 is 5.97 Å². The molecule has 0 aliphatic carbocycles. The Hall–Kier alpha value is -3.28. The molecule has 3 rings (SSSR count). The molecule has 2 aromatic carbocycles. The largest absolute Gasteiger partial charge is 0.493 e. The second kappa shape index (κ2) is 8.20. The van der Waals surface area contributed by atoms with E-state index in [2.05, 4.69) is 5.10 Å². The molecule has 1 heterocycles. The summed E-state index contributed by atoms with van der Waals surface area (Å²) in [5, 5.41) is 4.41. The molecule has 3 aromatic rings. The number of carbonyl (C=O) groups is 1. The van der Waals surface area contributed by atoms with Gasteiger partial charge in [-0.05, 0) is 35.9 Å². The molecule has 0 atom stereocenters. The van der Waals surface area contributed by atoms with Crippen molar-refractivity contribution < 1.29 is 19.0 Å². The molecule has 0 fully saturated rings. The minimum atomic E-state index is -0.327. The molecule has 26 heavy (non-hydrogen) atoms. The zero-order valence-electron chi connectivity index (χ0n) is 14.7. The summed E-state index contributed by atoms with van der Waals surface area (Å²) in [4.78, 5) is 12.1. The lowest BCUT2D eigenvalue weighted by Gasteiger charge is -2.09. The number of hydrogen-bond acceptors (Lipinski definition) is 5. The van der Waals surface area contributed by atoms with E-state index in [0.29, 0.717) is 17.2 Å². The van der Waals surface area contributed by atoms with Crippen LogP contribution in [-0.2, 0) is 22.6 Å². The molecule has 0 spiro atoms. The van der Waals surface area contributed by atoms with Gasteiger partial charge in [0.15, 0.2) is 11.5 Å². The van der Waals surface area contributed by atoms with Crippen LogP contribution in [0.1, 0.15) is 11.3 Å². The van der Waals surface area contributed by atoms with Gasteiger partial charge in [0.05, 0.1) is 26.3 Å². The average Bonchev–Trinajstić information content (AvgIpc) is 3.16. The monoisotopic (exact) mass is 352 g/mol. The Bertz CT molecular complexity index is 875. The van der Waals surface area contributed by atoms with Gasteiger partial charge in [0, 0.05) is 6.20 Å². The molecule has 0 aliphatic rings. The summed E-state index contributed by atoms with van der Waals surface area (Å²) in [5.41, 5.74) is 2.44. The normalized spacial score (nSPS) is 10.4. The number of ether oxygens (including phenoxy) is 3. The summed E-state index contributed by atoms with van der Waals surface area (Å²) in [6.45, 7) is 0.131. The fourth-order valence-electron chi connectivity index (χ4n) is 2.53. The van der Waals surface area contributed by atoms with Crippen molar-refractivity contribution in [3.8, 4) is 17.2 Å². The Morgan fingerprint density at radius 1 is 1.00 bits per heavy atom. The number of aromatic nitrogens is 2. The van der Waals surface area contributed by atoms with Crippen LogP contribution in [0.4, 0.5) is 0 Å². The standard InChI is InChI=1S/C20H20N2O4/c1-24-18-9-8-15(12-19(18)25-2)13-20(23)26-14-16-10-11-22(21-16)17-6-4-3-5-7-17/h3-12H,13-14H2,1-2H3. The number of rotatable bonds is 7. The van der Waals surface area contributed by atoms with Crippen LogP contribution in [0.25, 0.3) is 5.69 Å². The maximum Gasteiger partial charge on any atom is 0.310 e. The fourth-order valence-corrected chi connectivity index (χ4v) is 2.53. The van der Waals surface area contributed by atoms with E-state index < -0.39 is 0 Å². The second-order valence-corrected chi connectivity index (χ2v) is 5.61. The number of carbonyl (C=O) groups excluding carboxylic acids is 1. The van der Waals surface area contributed by atoms with Gasteiger partial charge in [-0.3, -0.25) is 4.79 Å². The molecule has 0 saturated carbocycles. The molecular formula is C20H20N2O4. The third-order valence-corrected chi connectivity index (χ3v) is 3.84. The average molecular weight is 352 g/mol. The van der Waals surface area contributed by atoms with Gasteiger partial charge in [-0.2, -0.15) is 5.10 Å². The van der Waals surface area contributed by atoms with Crippen molar-refractivity contribution in [1.82, 2.24) is 9.78 Å². The number of nitrogens with zero attached hydrogens (tertiary/aromatic N) is 2. The highest BCUT2D eigenvalue weighted by Gasteiger charge is 2.10. The lowest BCUT2D eigenvalue weighted by atomic mass is 10.1. The molecule has 0 saturated heterocycles. The molecule has 6 heteroatoms. The molecule has 1 aromatic heterocycles. The van der Waals surface area contributed by atoms with Gasteiger partial charge in [-0.25, -0.2) is 4.68 Å². The third kappa shape index (κ3) is 4.22. The van der Waals surface area contributed by atoms with E-state index in [1.165, 1.54) is 0 Å². The van der Waals surface area contributed by atoms with E-state index >= 15 is 0 Å². The van der Waals surface area contributed by atoms with Gasteiger partial charge >= 0.3 is 5.97 Å². The van der Waals surface area contributed by atoms with Crippen LogP contribution in [0.15, 0.2) is 60.8 Å². The van der Waals surface area contributed by atoms with Gasteiger partial charge < -0.3 is 14.2 Å². The summed E-state index contributed by atoms with van der Waals surface area (Å²) < 4.78 is 17.5. The van der Waals surface area contributed by atoms with Crippen LogP contribution >= 0.6 is 0 Å². The molecule has 0 radical (unpaired) electrons. The maximum absolute atomic E-state index is 12.1. The van der Waals surface area contributed by atoms with Gasteiger partial charge in [-0.15, -0.1) is 0 Å². The van der Waals surface area contributed by atoms with Crippen molar-refractivity contribution in [3.63, 3.8) is 0 Å². The van der Waals surface area contributed by atoms with E-state index in [1.54, 1.807) is 31.0 Å². The number of para-hydroxylation sites is 1. The highest BCUT2D eigenvalue weighted by Crippen LogP contribution is 2.27. The molecule has 0 N–H and O–H groups in total. The van der Waals surface area contributed by atoms with Crippen molar-refractivity contribution in [1.29, 1.82) is 0 Å². The summed E-state index contributed by atoms with van der Waals surface area (Å²) in [5.74, 6) is 0.877. The lowest BCUT2D eigenvalue weighted by Crippen LogP contribution is -2.09. The zero-order valence-corrected chi connectivity index (χ0v) is 14.7. The van der Waals surface area contributed by atoms with Crippen LogP contribution in [0.3, 0.4) is 0 Å². The van der Waals surface area contributed by atoms with E-state index in [4.69, 9.17) is 14.2 Å². The van der Waals surface area contributed by atoms with Gasteiger partial charge in [-0.1, -0.05) is 24.3 Å². The SMILES string of the molecule is COc1ccc(CC(=O)OCc2ccn(-c3ccccc3)n2)cc1OC. The van der Waals surface area contributed by atoms with Gasteiger partial charge in [0.25, 0.3) is 0 Å². The zero-order chi connectivity index (χ0) is 18.4. The van der Waals surface area contributed by atoms with Crippen molar-refractivity contribution in [3.05, 3.63) is 72.1 Å². The van der Waals surface area contributed by atoms with Crippen LogP contribution in [0.2, 0.25) is 0 Å².